The van der Waals surface area contributed by atoms with Gasteiger partial charge in [-0.15, -0.1) is 0 Å². The lowest BCUT2D eigenvalue weighted by molar-refractivity contribution is -0.126. The zero-order chi connectivity index (χ0) is 11.0. The van der Waals surface area contributed by atoms with Crippen LogP contribution in [0.2, 0.25) is 0 Å². The molecule has 0 aromatic heterocycles. The van der Waals surface area contributed by atoms with Crippen molar-refractivity contribution in [2.45, 2.75) is 46.3 Å². The van der Waals surface area contributed by atoms with Crippen molar-refractivity contribution in [3.8, 4) is 0 Å². The molecule has 4 nitrogen and oxygen atoms in total. The van der Waals surface area contributed by atoms with Gasteiger partial charge in [0.2, 0.25) is 0 Å². The van der Waals surface area contributed by atoms with E-state index in [0.717, 1.165) is 0 Å². The fraction of sp³-hybridized carbons (Fsp3) is 1.00. The second-order valence-electron chi connectivity index (χ2n) is 4.33. The Kier molecular flexibility index (Phi) is 7.09. The van der Waals surface area contributed by atoms with Crippen LogP contribution in [0.25, 0.3) is 0 Å². The van der Waals surface area contributed by atoms with Crippen LogP contribution in [-0.2, 0) is 14.2 Å². The van der Waals surface area contributed by atoms with Crippen molar-refractivity contribution in [1.29, 1.82) is 0 Å². The van der Waals surface area contributed by atoms with Crippen molar-refractivity contribution in [3.63, 3.8) is 0 Å². The van der Waals surface area contributed by atoms with Crippen LogP contribution >= 0.6 is 0 Å². The first-order valence-electron chi connectivity index (χ1n) is 4.96. The first kappa shape index (κ1) is 13.8. The Bertz CT molecular complexity index is 132. The van der Waals surface area contributed by atoms with E-state index in [2.05, 4.69) is 5.32 Å². The van der Waals surface area contributed by atoms with Gasteiger partial charge in [0.05, 0.1) is 18.4 Å². The quantitative estimate of drug-likeness (QED) is 0.507. The summed E-state index contributed by atoms with van der Waals surface area (Å²) in [7, 11) is 0. The molecule has 0 saturated carbocycles. The Hall–Kier alpha value is -0.160. The van der Waals surface area contributed by atoms with Crippen molar-refractivity contribution in [1.82, 2.24) is 5.32 Å². The molecule has 14 heavy (non-hydrogen) atoms. The molecular formula is C10H23NO3. The summed E-state index contributed by atoms with van der Waals surface area (Å²) < 4.78 is 15.8. The largest absolute Gasteiger partial charge is 0.364 e. The van der Waals surface area contributed by atoms with Crippen LogP contribution in [0.5, 0.6) is 0 Å². The van der Waals surface area contributed by atoms with Gasteiger partial charge in [-0.05, 0) is 34.6 Å². The van der Waals surface area contributed by atoms with Gasteiger partial charge in [-0.3, -0.25) is 5.32 Å². The van der Waals surface area contributed by atoms with E-state index in [1.807, 2.05) is 34.6 Å². The Balaban J connectivity index is 3.07. The highest BCUT2D eigenvalue weighted by atomic mass is 16.7. The maximum atomic E-state index is 5.35. The molecule has 0 heterocycles. The number of hydrogen-bond donors (Lipinski definition) is 1. The molecule has 0 aliphatic rings. The van der Waals surface area contributed by atoms with Crippen LogP contribution in [-0.4, -0.2) is 32.0 Å². The summed E-state index contributed by atoms with van der Waals surface area (Å²) in [6.07, 6.45) is 0.244. The van der Waals surface area contributed by atoms with Crippen molar-refractivity contribution in [2.24, 2.45) is 0 Å². The first-order chi connectivity index (χ1) is 6.42. The van der Waals surface area contributed by atoms with Gasteiger partial charge in [-0.2, -0.15) is 0 Å². The van der Waals surface area contributed by atoms with Gasteiger partial charge >= 0.3 is 0 Å². The summed E-state index contributed by atoms with van der Waals surface area (Å²) in [5.74, 6) is 0. The zero-order valence-electron chi connectivity index (χ0n) is 9.92. The van der Waals surface area contributed by atoms with Crippen LogP contribution in [0.4, 0.5) is 0 Å². The van der Waals surface area contributed by atoms with Gasteiger partial charge in [0.1, 0.15) is 13.5 Å². The van der Waals surface area contributed by atoms with Gasteiger partial charge in [-0.1, -0.05) is 0 Å². The molecule has 0 aromatic rings. The van der Waals surface area contributed by atoms with E-state index in [0.29, 0.717) is 20.3 Å². The third-order valence-corrected chi connectivity index (χ3v) is 1.30. The minimum absolute atomic E-state index is 0.144. The Labute approximate surface area is 86.9 Å². The summed E-state index contributed by atoms with van der Waals surface area (Å²) in [4.78, 5) is 0. The zero-order valence-corrected chi connectivity index (χ0v) is 9.92. The first-order valence-corrected chi connectivity index (χ1v) is 4.96. The average Bonchev–Trinajstić information content (AvgIpc) is 2.00. The SMILES string of the molecule is CC(C)OCNCOCOC(C)(C)C. The minimum atomic E-state index is -0.144. The molecule has 0 amide bonds. The molecule has 0 aromatic carbocycles. The van der Waals surface area contributed by atoms with Crippen molar-refractivity contribution < 1.29 is 14.2 Å². The predicted octanol–water partition coefficient (Wildman–Crippen LogP) is 1.71. The highest BCUT2D eigenvalue weighted by Crippen LogP contribution is 2.05. The van der Waals surface area contributed by atoms with Gasteiger partial charge in [-0.25, -0.2) is 0 Å². The van der Waals surface area contributed by atoms with E-state index in [9.17, 15) is 0 Å². The molecule has 86 valence electrons. The average molecular weight is 205 g/mol. The fourth-order valence-electron chi connectivity index (χ4n) is 0.600. The lowest BCUT2D eigenvalue weighted by Gasteiger charge is -2.19. The molecule has 0 aliphatic heterocycles. The van der Waals surface area contributed by atoms with Crippen LogP contribution in [0, 0.1) is 0 Å². The smallest absolute Gasteiger partial charge is 0.149 e. The van der Waals surface area contributed by atoms with Crippen LogP contribution in [0.3, 0.4) is 0 Å². The standard InChI is InChI=1S/C10H23NO3/c1-9(2)13-7-11-6-12-8-14-10(3,4)5/h9,11H,6-8H2,1-5H3. The molecule has 1 N–H and O–H groups in total. The van der Waals surface area contributed by atoms with E-state index in [1.54, 1.807) is 0 Å². The molecule has 0 bridgehead atoms. The molecule has 0 fully saturated rings. The maximum absolute atomic E-state index is 5.35. The molecular weight excluding hydrogens is 182 g/mol. The molecule has 0 rings (SSSR count). The van der Waals surface area contributed by atoms with E-state index >= 15 is 0 Å². The van der Waals surface area contributed by atoms with E-state index in [-0.39, 0.29) is 11.7 Å². The highest BCUT2D eigenvalue weighted by Gasteiger charge is 2.08. The number of hydrogen-bond acceptors (Lipinski definition) is 4. The summed E-state index contributed by atoms with van der Waals surface area (Å²) >= 11 is 0. The van der Waals surface area contributed by atoms with E-state index < -0.39 is 0 Å². The predicted molar refractivity (Wildman–Crippen MR) is 55.9 cm³/mol. The lowest BCUT2D eigenvalue weighted by atomic mass is 10.2. The van der Waals surface area contributed by atoms with Gasteiger partial charge in [0, 0.05) is 0 Å². The molecule has 0 radical (unpaired) electrons. The second kappa shape index (κ2) is 7.17. The van der Waals surface area contributed by atoms with Gasteiger partial charge in [0.25, 0.3) is 0 Å². The monoisotopic (exact) mass is 205 g/mol. The fourth-order valence-corrected chi connectivity index (χ4v) is 0.600. The topological polar surface area (TPSA) is 39.7 Å². The number of nitrogens with one attached hydrogen (secondary N) is 1. The lowest BCUT2D eigenvalue weighted by Crippen LogP contribution is -2.26. The molecule has 0 spiro atoms. The third kappa shape index (κ3) is 11.8. The number of ether oxygens (including phenoxy) is 3. The van der Waals surface area contributed by atoms with Crippen LogP contribution in [0.1, 0.15) is 34.6 Å². The van der Waals surface area contributed by atoms with Crippen molar-refractivity contribution in [2.75, 3.05) is 20.3 Å². The second-order valence-corrected chi connectivity index (χ2v) is 4.33. The van der Waals surface area contributed by atoms with Crippen molar-refractivity contribution in [3.05, 3.63) is 0 Å². The summed E-state index contributed by atoms with van der Waals surface area (Å²) in [5.41, 5.74) is -0.144. The summed E-state index contributed by atoms with van der Waals surface area (Å²) in [5, 5.41) is 2.98. The highest BCUT2D eigenvalue weighted by molar-refractivity contribution is 4.56. The number of rotatable bonds is 7. The normalized spacial score (nSPS) is 12.4. The Morgan fingerprint density at radius 2 is 1.79 bits per heavy atom. The molecule has 0 saturated heterocycles. The van der Waals surface area contributed by atoms with E-state index in [1.165, 1.54) is 0 Å². The molecule has 4 heteroatoms. The molecule has 0 unspecified atom stereocenters. The third-order valence-electron chi connectivity index (χ3n) is 1.30. The van der Waals surface area contributed by atoms with E-state index in [4.69, 9.17) is 14.2 Å². The van der Waals surface area contributed by atoms with Crippen LogP contribution in [0.15, 0.2) is 0 Å². The molecule has 0 atom stereocenters. The Morgan fingerprint density at radius 3 is 2.29 bits per heavy atom. The summed E-state index contributed by atoms with van der Waals surface area (Å²) in [6.45, 7) is 11.2. The van der Waals surface area contributed by atoms with Gasteiger partial charge < -0.3 is 14.2 Å². The molecule has 0 aliphatic carbocycles. The Morgan fingerprint density at radius 1 is 1.14 bits per heavy atom. The summed E-state index contributed by atoms with van der Waals surface area (Å²) in [6, 6.07) is 0. The van der Waals surface area contributed by atoms with Crippen molar-refractivity contribution >= 4 is 0 Å². The minimum Gasteiger partial charge on any atom is -0.364 e. The maximum Gasteiger partial charge on any atom is 0.149 e. The van der Waals surface area contributed by atoms with Crippen LogP contribution < -0.4 is 5.32 Å². The van der Waals surface area contributed by atoms with Gasteiger partial charge in [0.15, 0.2) is 0 Å².